The van der Waals surface area contributed by atoms with Crippen LogP contribution < -0.4 is 5.56 Å². The summed E-state index contributed by atoms with van der Waals surface area (Å²) in [7, 11) is 0. The minimum absolute atomic E-state index is 0.157. The molecule has 5 nitrogen and oxygen atoms in total. The Hall–Kier alpha value is -1.60. The van der Waals surface area contributed by atoms with E-state index in [0.29, 0.717) is 20.9 Å². The molecule has 0 amide bonds. The van der Waals surface area contributed by atoms with Crippen LogP contribution in [0.15, 0.2) is 49.8 Å². The van der Waals surface area contributed by atoms with Crippen LogP contribution >= 0.6 is 27.7 Å². The van der Waals surface area contributed by atoms with Gasteiger partial charge in [0.15, 0.2) is 5.03 Å². The quantitative estimate of drug-likeness (QED) is 0.876. The van der Waals surface area contributed by atoms with E-state index in [0.717, 1.165) is 6.42 Å². The standard InChI is InChI=1S/C14H13BrN2O3S/c1-2-6-17-7-5-16-12(13(17)18)21-9-3-4-11(15)10(8-9)14(19)20/h3-5,7-8H,2,6H2,1H3,(H,19,20). The highest BCUT2D eigenvalue weighted by atomic mass is 79.9. The fourth-order valence-electron chi connectivity index (χ4n) is 1.76. The summed E-state index contributed by atoms with van der Waals surface area (Å²) in [6.07, 6.45) is 4.09. The Morgan fingerprint density at radius 1 is 1.48 bits per heavy atom. The summed E-state index contributed by atoms with van der Waals surface area (Å²) in [5.74, 6) is -1.02. The zero-order chi connectivity index (χ0) is 15.4. The summed E-state index contributed by atoms with van der Waals surface area (Å²) in [6, 6.07) is 4.92. The lowest BCUT2D eigenvalue weighted by Gasteiger charge is -2.06. The van der Waals surface area contributed by atoms with Crippen LogP contribution in [0.2, 0.25) is 0 Å². The third-order valence-electron chi connectivity index (χ3n) is 2.73. The van der Waals surface area contributed by atoms with Crippen LogP contribution in [0.5, 0.6) is 0 Å². The number of carboxylic acid groups (broad SMARTS) is 1. The first kappa shape index (κ1) is 15.8. The molecule has 0 fully saturated rings. The van der Waals surface area contributed by atoms with Gasteiger partial charge in [-0.1, -0.05) is 18.7 Å². The molecule has 1 aromatic carbocycles. The van der Waals surface area contributed by atoms with Gasteiger partial charge >= 0.3 is 5.97 Å². The average molecular weight is 369 g/mol. The van der Waals surface area contributed by atoms with Crippen molar-refractivity contribution in [3.63, 3.8) is 0 Å². The number of carbonyl (C=O) groups is 1. The summed E-state index contributed by atoms with van der Waals surface area (Å²) in [5, 5.41) is 9.44. The van der Waals surface area contributed by atoms with E-state index >= 15 is 0 Å². The number of hydrogen-bond acceptors (Lipinski definition) is 4. The maximum absolute atomic E-state index is 12.2. The van der Waals surface area contributed by atoms with E-state index in [1.807, 2.05) is 6.92 Å². The van der Waals surface area contributed by atoms with E-state index in [1.165, 1.54) is 17.8 Å². The number of aryl methyl sites for hydroxylation is 1. The highest BCUT2D eigenvalue weighted by Crippen LogP contribution is 2.28. The van der Waals surface area contributed by atoms with Crippen LogP contribution in [0.25, 0.3) is 0 Å². The number of aromatic nitrogens is 2. The predicted octanol–water partition coefficient (Wildman–Crippen LogP) is 3.27. The Morgan fingerprint density at radius 3 is 2.90 bits per heavy atom. The monoisotopic (exact) mass is 368 g/mol. The van der Waals surface area contributed by atoms with Crippen molar-refractivity contribution in [3.05, 3.63) is 51.0 Å². The molecule has 2 rings (SSSR count). The Kier molecular flexibility index (Phi) is 5.19. The van der Waals surface area contributed by atoms with Crippen molar-refractivity contribution < 1.29 is 9.90 Å². The SMILES string of the molecule is CCCn1ccnc(Sc2ccc(Br)c(C(=O)O)c2)c1=O. The first-order valence-corrected chi connectivity index (χ1v) is 7.90. The van der Waals surface area contributed by atoms with Crippen molar-refractivity contribution in [2.24, 2.45) is 0 Å². The summed E-state index contributed by atoms with van der Waals surface area (Å²) in [6.45, 7) is 2.63. The molecule has 0 atom stereocenters. The predicted molar refractivity (Wildman–Crippen MR) is 84.0 cm³/mol. The molecule has 0 aliphatic rings. The highest BCUT2D eigenvalue weighted by Gasteiger charge is 2.12. The molecule has 0 aliphatic heterocycles. The van der Waals surface area contributed by atoms with Crippen molar-refractivity contribution in [2.75, 3.05) is 0 Å². The summed E-state index contributed by atoms with van der Waals surface area (Å²) < 4.78 is 2.11. The van der Waals surface area contributed by atoms with Crippen molar-refractivity contribution in [1.29, 1.82) is 0 Å². The number of rotatable bonds is 5. The van der Waals surface area contributed by atoms with Crippen LogP contribution in [0.1, 0.15) is 23.7 Å². The molecular weight excluding hydrogens is 356 g/mol. The number of carboxylic acids is 1. The van der Waals surface area contributed by atoms with Gasteiger partial charge in [-0.25, -0.2) is 9.78 Å². The van der Waals surface area contributed by atoms with Gasteiger partial charge in [-0.05, 0) is 40.5 Å². The molecule has 0 unspecified atom stereocenters. The normalized spacial score (nSPS) is 10.6. The number of benzene rings is 1. The smallest absolute Gasteiger partial charge is 0.336 e. The Bertz CT molecular complexity index is 730. The van der Waals surface area contributed by atoms with Gasteiger partial charge in [0.05, 0.1) is 5.56 Å². The lowest BCUT2D eigenvalue weighted by atomic mass is 10.2. The molecule has 2 aromatic rings. The molecular formula is C14H13BrN2O3S. The number of nitrogens with zero attached hydrogens (tertiary/aromatic N) is 2. The van der Waals surface area contributed by atoms with Gasteiger partial charge in [0, 0.05) is 28.3 Å². The molecule has 0 saturated heterocycles. The molecule has 0 bridgehead atoms. The maximum atomic E-state index is 12.2. The third-order valence-corrected chi connectivity index (χ3v) is 4.38. The van der Waals surface area contributed by atoms with Crippen LogP contribution in [0.4, 0.5) is 0 Å². The van der Waals surface area contributed by atoms with E-state index in [-0.39, 0.29) is 11.1 Å². The molecule has 0 aliphatic carbocycles. The first-order chi connectivity index (χ1) is 10.0. The summed E-state index contributed by atoms with van der Waals surface area (Å²) in [4.78, 5) is 28.1. The Morgan fingerprint density at radius 2 is 2.24 bits per heavy atom. The van der Waals surface area contributed by atoms with Crippen LogP contribution in [0.3, 0.4) is 0 Å². The van der Waals surface area contributed by atoms with Gasteiger partial charge in [-0.15, -0.1) is 0 Å². The lowest BCUT2D eigenvalue weighted by Crippen LogP contribution is -2.21. The number of hydrogen-bond donors (Lipinski definition) is 1. The topological polar surface area (TPSA) is 72.2 Å². The average Bonchev–Trinajstić information content (AvgIpc) is 2.45. The van der Waals surface area contributed by atoms with Crippen molar-refractivity contribution >= 4 is 33.7 Å². The van der Waals surface area contributed by atoms with E-state index in [9.17, 15) is 9.59 Å². The molecule has 0 radical (unpaired) electrons. The van der Waals surface area contributed by atoms with Gasteiger partial charge in [-0.3, -0.25) is 4.79 Å². The van der Waals surface area contributed by atoms with Crippen LogP contribution in [-0.4, -0.2) is 20.6 Å². The fraction of sp³-hybridized carbons (Fsp3) is 0.214. The first-order valence-electron chi connectivity index (χ1n) is 6.29. The molecule has 0 saturated carbocycles. The second-order valence-electron chi connectivity index (χ2n) is 4.28. The van der Waals surface area contributed by atoms with E-state index in [2.05, 4.69) is 20.9 Å². The van der Waals surface area contributed by atoms with Crippen molar-refractivity contribution in [2.45, 2.75) is 29.8 Å². The highest BCUT2D eigenvalue weighted by molar-refractivity contribution is 9.10. The Balaban J connectivity index is 2.35. The number of aromatic carboxylic acids is 1. The van der Waals surface area contributed by atoms with E-state index in [4.69, 9.17) is 5.11 Å². The molecule has 7 heteroatoms. The Labute approximate surface area is 134 Å². The van der Waals surface area contributed by atoms with Gasteiger partial charge in [-0.2, -0.15) is 0 Å². The second-order valence-corrected chi connectivity index (χ2v) is 6.20. The van der Waals surface area contributed by atoms with Gasteiger partial charge in [0.1, 0.15) is 0 Å². The molecule has 21 heavy (non-hydrogen) atoms. The number of halogens is 1. The third kappa shape index (κ3) is 3.74. The zero-order valence-corrected chi connectivity index (χ0v) is 13.6. The molecule has 1 aromatic heterocycles. The maximum Gasteiger partial charge on any atom is 0.336 e. The van der Waals surface area contributed by atoms with Crippen LogP contribution in [0, 0.1) is 0 Å². The van der Waals surface area contributed by atoms with Gasteiger partial charge < -0.3 is 9.67 Å². The molecule has 1 heterocycles. The van der Waals surface area contributed by atoms with Gasteiger partial charge in [0.2, 0.25) is 0 Å². The van der Waals surface area contributed by atoms with Crippen molar-refractivity contribution in [3.8, 4) is 0 Å². The summed E-state index contributed by atoms with van der Waals surface area (Å²) >= 11 is 4.36. The van der Waals surface area contributed by atoms with Gasteiger partial charge in [0.25, 0.3) is 5.56 Å². The molecule has 0 spiro atoms. The molecule has 110 valence electrons. The minimum atomic E-state index is -1.02. The van der Waals surface area contributed by atoms with Crippen LogP contribution in [-0.2, 0) is 6.54 Å². The minimum Gasteiger partial charge on any atom is -0.478 e. The second kappa shape index (κ2) is 6.91. The van der Waals surface area contributed by atoms with E-state index < -0.39 is 5.97 Å². The molecule has 1 N–H and O–H groups in total. The summed E-state index contributed by atoms with van der Waals surface area (Å²) in [5.41, 5.74) is -0.00559. The lowest BCUT2D eigenvalue weighted by molar-refractivity contribution is 0.0695. The van der Waals surface area contributed by atoms with E-state index in [1.54, 1.807) is 29.1 Å². The fourth-order valence-corrected chi connectivity index (χ4v) is 3.03. The van der Waals surface area contributed by atoms with Crippen molar-refractivity contribution in [1.82, 2.24) is 9.55 Å². The zero-order valence-electron chi connectivity index (χ0n) is 11.2. The largest absolute Gasteiger partial charge is 0.478 e.